The fourth-order valence-corrected chi connectivity index (χ4v) is 2.53. The molecule has 0 unspecified atom stereocenters. The Morgan fingerprint density at radius 1 is 1.33 bits per heavy atom. The summed E-state index contributed by atoms with van der Waals surface area (Å²) in [5.74, 6) is 0.780. The molecular weight excluding hydrogens is 266 g/mol. The third kappa shape index (κ3) is 1.84. The standard InChI is InChI=1S/C15H13N5O/c1-2-21-11-6-12(10-4-3-5-16-7-10)14-13-8-17-18-15(13)19-20(14)9-11/h3-9H,2H2,1H3,(H,18,19). The summed E-state index contributed by atoms with van der Waals surface area (Å²) in [5, 5.41) is 12.4. The van der Waals surface area contributed by atoms with Crippen molar-refractivity contribution >= 4 is 16.6 Å². The molecule has 0 amide bonds. The van der Waals surface area contributed by atoms with Crippen LogP contribution in [0.2, 0.25) is 0 Å². The van der Waals surface area contributed by atoms with Gasteiger partial charge in [0.1, 0.15) is 5.75 Å². The first-order valence-corrected chi connectivity index (χ1v) is 6.75. The molecule has 0 atom stereocenters. The maximum absolute atomic E-state index is 5.64. The van der Waals surface area contributed by atoms with Crippen molar-refractivity contribution in [1.82, 2.24) is 24.8 Å². The van der Waals surface area contributed by atoms with Crippen molar-refractivity contribution in [2.24, 2.45) is 0 Å². The summed E-state index contributed by atoms with van der Waals surface area (Å²) in [6, 6.07) is 5.96. The van der Waals surface area contributed by atoms with Crippen molar-refractivity contribution in [3.8, 4) is 16.9 Å². The minimum absolute atomic E-state index is 0.610. The van der Waals surface area contributed by atoms with E-state index < -0.39 is 0 Å². The van der Waals surface area contributed by atoms with Crippen molar-refractivity contribution in [3.05, 3.63) is 43.0 Å². The Kier molecular flexibility index (Phi) is 2.60. The van der Waals surface area contributed by atoms with Gasteiger partial charge in [0.05, 0.1) is 29.9 Å². The zero-order valence-corrected chi connectivity index (χ0v) is 11.4. The van der Waals surface area contributed by atoms with Gasteiger partial charge in [-0.1, -0.05) is 6.07 Å². The molecule has 0 saturated heterocycles. The monoisotopic (exact) mass is 279 g/mol. The number of rotatable bonds is 3. The van der Waals surface area contributed by atoms with E-state index in [4.69, 9.17) is 4.74 Å². The summed E-state index contributed by atoms with van der Waals surface area (Å²) in [6.45, 7) is 2.57. The lowest BCUT2D eigenvalue weighted by Crippen LogP contribution is -1.97. The molecular formula is C15H13N5O. The second kappa shape index (κ2) is 4.59. The number of ether oxygens (including phenoxy) is 1. The number of pyridine rings is 2. The lowest BCUT2D eigenvalue weighted by Gasteiger charge is -2.09. The van der Waals surface area contributed by atoms with Gasteiger partial charge in [-0.15, -0.1) is 5.10 Å². The third-order valence-corrected chi connectivity index (χ3v) is 3.39. The van der Waals surface area contributed by atoms with Gasteiger partial charge in [0.25, 0.3) is 0 Å². The van der Waals surface area contributed by atoms with Crippen molar-refractivity contribution in [2.75, 3.05) is 6.61 Å². The molecule has 0 spiro atoms. The van der Waals surface area contributed by atoms with Crippen LogP contribution in [-0.2, 0) is 0 Å². The molecule has 0 aliphatic carbocycles. The first kappa shape index (κ1) is 11.9. The van der Waals surface area contributed by atoms with E-state index >= 15 is 0 Å². The Bertz CT molecular complexity index is 910. The van der Waals surface area contributed by atoms with Crippen LogP contribution in [0.15, 0.2) is 43.0 Å². The van der Waals surface area contributed by atoms with Crippen LogP contribution in [0.5, 0.6) is 5.75 Å². The highest BCUT2D eigenvalue weighted by Gasteiger charge is 2.14. The van der Waals surface area contributed by atoms with Crippen LogP contribution in [-0.4, -0.2) is 31.4 Å². The fraction of sp³-hybridized carbons (Fsp3) is 0.133. The van der Waals surface area contributed by atoms with Crippen LogP contribution in [0.25, 0.3) is 27.7 Å². The molecule has 0 aliphatic heterocycles. The molecule has 1 N–H and O–H groups in total. The van der Waals surface area contributed by atoms with Crippen molar-refractivity contribution in [3.63, 3.8) is 0 Å². The van der Waals surface area contributed by atoms with E-state index in [1.54, 1.807) is 12.4 Å². The quantitative estimate of drug-likeness (QED) is 0.626. The number of H-pyrrole nitrogens is 1. The van der Waals surface area contributed by atoms with E-state index in [1.807, 2.05) is 42.0 Å². The molecule has 4 rings (SSSR count). The Morgan fingerprint density at radius 2 is 2.29 bits per heavy atom. The second-order valence-corrected chi connectivity index (χ2v) is 4.69. The lowest BCUT2D eigenvalue weighted by atomic mass is 10.1. The van der Waals surface area contributed by atoms with Crippen LogP contribution in [0.3, 0.4) is 0 Å². The molecule has 0 aromatic carbocycles. The van der Waals surface area contributed by atoms with Crippen molar-refractivity contribution in [2.45, 2.75) is 6.92 Å². The highest BCUT2D eigenvalue weighted by Crippen LogP contribution is 2.32. The Balaban J connectivity index is 2.09. The van der Waals surface area contributed by atoms with E-state index in [0.717, 1.165) is 33.4 Å². The average molecular weight is 279 g/mol. The molecule has 4 aromatic heterocycles. The number of aromatic nitrogens is 5. The first-order chi connectivity index (χ1) is 10.4. The van der Waals surface area contributed by atoms with E-state index in [1.165, 1.54) is 0 Å². The molecule has 6 nitrogen and oxygen atoms in total. The molecule has 6 heteroatoms. The normalized spacial score (nSPS) is 11.3. The number of hydrogen-bond donors (Lipinski definition) is 1. The zero-order valence-electron chi connectivity index (χ0n) is 11.4. The molecule has 0 fully saturated rings. The minimum atomic E-state index is 0.610. The summed E-state index contributed by atoms with van der Waals surface area (Å²) in [7, 11) is 0. The molecule has 4 aromatic rings. The molecule has 104 valence electrons. The van der Waals surface area contributed by atoms with Crippen LogP contribution in [0.1, 0.15) is 6.92 Å². The predicted molar refractivity (Wildman–Crippen MR) is 79.2 cm³/mol. The van der Waals surface area contributed by atoms with Crippen LogP contribution in [0.4, 0.5) is 0 Å². The summed E-state index contributed by atoms with van der Waals surface area (Å²) >= 11 is 0. The highest BCUT2D eigenvalue weighted by molar-refractivity contribution is 6.00. The van der Waals surface area contributed by atoms with Gasteiger partial charge in [-0.2, -0.15) is 5.10 Å². The number of hydrogen-bond acceptors (Lipinski definition) is 4. The SMILES string of the molecule is CCOc1cc(-c2cccnc2)c2c3cn[nH]c3nn2c1. The summed E-state index contributed by atoms with van der Waals surface area (Å²) in [4.78, 5) is 4.20. The molecule has 0 aliphatic rings. The maximum atomic E-state index is 5.64. The average Bonchev–Trinajstić information content (AvgIpc) is 3.08. The largest absolute Gasteiger partial charge is 0.492 e. The van der Waals surface area contributed by atoms with E-state index in [2.05, 4.69) is 20.3 Å². The van der Waals surface area contributed by atoms with Gasteiger partial charge in [0, 0.05) is 23.5 Å². The fourth-order valence-electron chi connectivity index (χ4n) is 2.53. The number of nitrogens with one attached hydrogen (secondary N) is 1. The zero-order chi connectivity index (χ0) is 14.2. The van der Waals surface area contributed by atoms with Crippen molar-refractivity contribution in [1.29, 1.82) is 0 Å². The van der Waals surface area contributed by atoms with E-state index in [-0.39, 0.29) is 0 Å². The Hall–Kier alpha value is -2.89. The second-order valence-electron chi connectivity index (χ2n) is 4.69. The van der Waals surface area contributed by atoms with Gasteiger partial charge >= 0.3 is 0 Å². The number of nitrogens with zero attached hydrogens (tertiary/aromatic N) is 4. The first-order valence-electron chi connectivity index (χ1n) is 6.75. The highest BCUT2D eigenvalue weighted by atomic mass is 16.5. The van der Waals surface area contributed by atoms with E-state index in [0.29, 0.717) is 6.61 Å². The number of fused-ring (bicyclic) bond motifs is 3. The van der Waals surface area contributed by atoms with Gasteiger partial charge in [-0.05, 0) is 19.1 Å². The van der Waals surface area contributed by atoms with Gasteiger partial charge in [0.15, 0.2) is 5.65 Å². The van der Waals surface area contributed by atoms with Gasteiger partial charge in [-0.3, -0.25) is 10.1 Å². The van der Waals surface area contributed by atoms with Crippen LogP contribution >= 0.6 is 0 Å². The topological polar surface area (TPSA) is 68.1 Å². The third-order valence-electron chi connectivity index (χ3n) is 3.39. The summed E-state index contributed by atoms with van der Waals surface area (Å²) < 4.78 is 7.47. The molecule has 0 radical (unpaired) electrons. The van der Waals surface area contributed by atoms with Crippen LogP contribution < -0.4 is 4.74 Å². The summed E-state index contributed by atoms with van der Waals surface area (Å²) in [5.41, 5.74) is 3.80. The van der Waals surface area contributed by atoms with Gasteiger partial charge in [-0.25, -0.2) is 4.52 Å². The maximum Gasteiger partial charge on any atom is 0.178 e. The van der Waals surface area contributed by atoms with E-state index in [9.17, 15) is 0 Å². The predicted octanol–water partition coefficient (Wildman–Crippen LogP) is 2.67. The summed E-state index contributed by atoms with van der Waals surface area (Å²) in [6.07, 6.45) is 7.27. The number of aromatic amines is 1. The van der Waals surface area contributed by atoms with Crippen LogP contribution in [0, 0.1) is 0 Å². The Labute approximate surface area is 120 Å². The molecule has 21 heavy (non-hydrogen) atoms. The lowest BCUT2D eigenvalue weighted by molar-refractivity contribution is 0.338. The van der Waals surface area contributed by atoms with Gasteiger partial charge in [0.2, 0.25) is 0 Å². The molecule has 0 saturated carbocycles. The van der Waals surface area contributed by atoms with Crippen molar-refractivity contribution < 1.29 is 4.74 Å². The minimum Gasteiger partial charge on any atom is -0.492 e. The smallest absolute Gasteiger partial charge is 0.178 e. The van der Waals surface area contributed by atoms with Gasteiger partial charge < -0.3 is 4.74 Å². The molecule has 4 heterocycles. The molecule has 0 bridgehead atoms. The Morgan fingerprint density at radius 3 is 3.10 bits per heavy atom.